The summed E-state index contributed by atoms with van der Waals surface area (Å²) in [7, 11) is -32.5. The minimum Gasteiger partial charge on any atom is -0.314 e. The Hall–Kier alpha value is -6.08. The Morgan fingerprint density at radius 1 is 0.272 bits per heavy atom. The molecule has 2 aliphatic heterocycles. The van der Waals surface area contributed by atoms with Crippen molar-refractivity contribution in [2.45, 2.75) is 92.4 Å². The standard InChI is InChI=1S/C66H84N8O12S6/c1-51-7-23-59(24-8-51)87(75,76)65(88(77,78)60-25-9-52(2)10-26-60)49-71-41-39-67-35-37-69-43-45-73(65,91(83,84)63-31-15-55(5)16-32-63)47-57-19-21-58(22-20-57)48-74(92(85,86)64-33-17-56(6)18-34-64)46-44-70-38-36-68-40-42-72-50-66(74,89(79,80)61-27-11-53(3)12-28-61)90(81,82)62-29-13-54(4)14-30-62/h7-34,67-72H,35-50H2,1-6H3/q+2. The van der Waals surface area contributed by atoms with Gasteiger partial charge in [0.2, 0.25) is 0 Å². The maximum Gasteiger partial charge on any atom is 0.335 e. The normalized spacial score (nSPS) is 20.5. The highest BCUT2D eigenvalue weighted by atomic mass is 32.3. The average Bonchev–Trinajstić information content (AvgIpc) is 0.682. The number of hydrogen-bond donors (Lipinski definition) is 6. The summed E-state index contributed by atoms with van der Waals surface area (Å²) in [6, 6.07) is 39.5. The first-order valence-electron chi connectivity index (χ1n) is 30.5. The van der Waals surface area contributed by atoms with Crippen LogP contribution in [0.1, 0.15) is 44.5 Å². The third-order valence-corrected chi connectivity index (χ3v) is 34.4. The van der Waals surface area contributed by atoms with Crippen molar-refractivity contribution < 1.29 is 58.3 Å². The molecule has 0 radical (unpaired) electrons. The number of sulfonamides is 2. The zero-order valence-corrected chi connectivity index (χ0v) is 57.6. The fourth-order valence-electron chi connectivity index (χ4n) is 12.3. The summed E-state index contributed by atoms with van der Waals surface area (Å²) < 4.78 is 191. The lowest BCUT2D eigenvalue weighted by atomic mass is 10.1. The van der Waals surface area contributed by atoms with Crippen molar-refractivity contribution in [2.75, 3.05) is 91.6 Å². The van der Waals surface area contributed by atoms with Gasteiger partial charge in [0, 0.05) is 76.6 Å². The molecule has 7 aromatic carbocycles. The molecule has 2 heterocycles. The molecule has 7 aromatic rings. The molecule has 2 fully saturated rings. The van der Waals surface area contributed by atoms with Crippen molar-refractivity contribution in [3.05, 3.63) is 214 Å². The molecule has 2 saturated heterocycles. The summed E-state index contributed by atoms with van der Waals surface area (Å²) in [6.45, 7) is 6.86. The van der Waals surface area contributed by atoms with Crippen molar-refractivity contribution in [2.24, 2.45) is 0 Å². The number of hydrogen-bond acceptors (Lipinski definition) is 18. The van der Waals surface area contributed by atoms with E-state index < -0.39 is 134 Å². The summed E-state index contributed by atoms with van der Waals surface area (Å²) in [5.74, 6) is 0. The predicted octanol–water partition coefficient (Wildman–Crippen LogP) is 5.72. The van der Waals surface area contributed by atoms with Gasteiger partial charge in [-0.3, -0.25) is 0 Å². The highest BCUT2D eigenvalue weighted by Gasteiger charge is 2.76. The third kappa shape index (κ3) is 12.8. The van der Waals surface area contributed by atoms with Gasteiger partial charge >= 0.3 is 28.5 Å². The van der Waals surface area contributed by atoms with E-state index in [9.17, 15) is 0 Å². The van der Waals surface area contributed by atoms with Crippen LogP contribution >= 0.6 is 0 Å². The lowest BCUT2D eigenvalue weighted by Crippen LogP contribution is -2.77. The lowest BCUT2D eigenvalue weighted by molar-refractivity contribution is -0.841. The van der Waals surface area contributed by atoms with E-state index in [1.165, 1.54) is 146 Å². The molecular weight excluding hydrogens is 1290 g/mol. The van der Waals surface area contributed by atoms with Gasteiger partial charge in [-0.2, -0.15) is 24.6 Å². The van der Waals surface area contributed by atoms with Crippen LogP contribution in [0.4, 0.5) is 0 Å². The highest BCUT2D eigenvalue weighted by Crippen LogP contribution is 2.51. The third-order valence-electron chi connectivity index (χ3n) is 17.6. The molecule has 0 saturated carbocycles. The van der Waals surface area contributed by atoms with Crippen molar-refractivity contribution in [3.8, 4) is 0 Å². The smallest absolute Gasteiger partial charge is 0.314 e. The fraction of sp³-hybridized carbons (Fsp3) is 0.364. The summed E-state index contributed by atoms with van der Waals surface area (Å²) in [4.78, 5) is -2.60. The first kappa shape index (κ1) is 70.2. The zero-order chi connectivity index (χ0) is 66.4. The van der Waals surface area contributed by atoms with Crippen molar-refractivity contribution in [1.29, 1.82) is 0 Å². The predicted molar refractivity (Wildman–Crippen MR) is 357 cm³/mol. The van der Waals surface area contributed by atoms with Gasteiger partial charge in [-0.15, -0.1) is 0 Å². The lowest BCUT2D eigenvalue weighted by Gasteiger charge is -2.50. The number of nitrogens with one attached hydrogen (secondary N) is 6. The molecular formula is C66H84N8O12S6+2. The van der Waals surface area contributed by atoms with Gasteiger partial charge in [0.15, 0.2) is 0 Å². The summed E-state index contributed by atoms with van der Waals surface area (Å²) >= 11 is 0. The summed E-state index contributed by atoms with van der Waals surface area (Å²) in [5, 5.41) is 19.3. The van der Waals surface area contributed by atoms with E-state index in [-0.39, 0.29) is 73.3 Å². The molecule has 6 N–H and O–H groups in total. The Morgan fingerprint density at radius 3 is 0.696 bits per heavy atom. The van der Waals surface area contributed by atoms with Crippen LogP contribution in [0.2, 0.25) is 0 Å². The van der Waals surface area contributed by atoms with Crippen LogP contribution in [-0.4, -0.2) is 158 Å². The SMILES string of the molecule is Cc1ccc(S(=O)(=O)C2(S(=O)(=O)c3ccc(C)cc3)CNCCNCCNCC[N+]2(Cc2ccc(C[N+]3(S(=O)(=O)c4ccc(C)cc4)CCNCCNCCNCC3(S(=O)(=O)c3ccc(C)cc3)S(=O)(=O)c3ccc(C)cc3)cc2)S(=O)(=O)c2ccc(C)cc2)cc1. The Labute approximate surface area is 544 Å². The molecule has 2 unspecified atom stereocenters. The molecule has 0 amide bonds. The van der Waals surface area contributed by atoms with Gasteiger partial charge in [0.25, 0.3) is 39.3 Å². The average molecular weight is 1370 g/mol. The van der Waals surface area contributed by atoms with Crippen LogP contribution in [0.15, 0.2) is 199 Å². The van der Waals surface area contributed by atoms with Gasteiger partial charge < -0.3 is 31.9 Å². The first-order chi connectivity index (χ1) is 43.6. The number of sulfone groups is 4. The molecule has 0 bridgehead atoms. The maximum absolute atomic E-state index is 16.8. The van der Waals surface area contributed by atoms with Crippen molar-refractivity contribution in [1.82, 2.24) is 31.9 Å². The minimum absolute atomic E-state index is 0.00203. The maximum atomic E-state index is 16.8. The molecule has 0 aromatic heterocycles. The van der Waals surface area contributed by atoms with Gasteiger partial charge in [0.05, 0.1) is 32.7 Å². The largest absolute Gasteiger partial charge is 0.335 e. The number of quaternary nitrogens is 2. The van der Waals surface area contributed by atoms with Crippen LogP contribution < -0.4 is 31.9 Å². The van der Waals surface area contributed by atoms with Crippen LogP contribution in [-0.2, 0) is 72.5 Å². The Kier molecular flexibility index (Phi) is 21.4. The monoisotopic (exact) mass is 1370 g/mol. The van der Waals surface area contributed by atoms with Crippen LogP contribution in [0.25, 0.3) is 0 Å². The van der Waals surface area contributed by atoms with Crippen LogP contribution in [0.5, 0.6) is 0 Å². The van der Waals surface area contributed by atoms with E-state index in [2.05, 4.69) is 31.9 Å². The van der Waals surface area contributed by atoms with Gasteiger partial charge in [0.1, 0.15) is 36.0 Å². The van der Waals surface area contributed by atoms with Crippen molar-refractivity contribution in [3.63, 3.8) is 0 Å². The van der Waals surface area contributed by atoms with Crippen molar-refractivity contribution >= 4 is 59.4 Å². The number of aryl methyl sites for hydroxylation is 6. The van der Waals surface area contributed by atoms with E-state index in [1.54, 1.807) is 65.8 Å². The van der Waals surface area contributed by atoms with Crippen LogP contribution in [0, 0.1) is 41.5 Å². The van der Waals surface area contributed by atoms with E-state index in [0.29, 0.717) is 46.5 Å². The highest BCUT2D eigenvalue weighted by molar-refractivity contribution is 8.11. The molecule has 0 spiro atoms. The molecule has 494 valence electrons. The van der Waals surface area contributed by atoms with Gasteiger partial charge in [-0.25, -0.2) is 33.7 Å². The van der Waals surface area contributed by atoms with Gasteiger partial charge in [-0.1, -0.05) is 130 Å². The zero-order valence-electron chi connectivity index (χ0n) is 52.7. The number of rotatable bonds is 16. The Morgan fingerprint density at radius 2 is 0.467 bits per heavy atom. The molecule has 20 nitrogen and oxygen atoms in total. The van der Waals surface area contributed by atoms with Gasteiger partial charge in [-0.05, 0) is 114 Å². The fourth-order valence-corrected chi connectivity index (χ4v) is 29.1. The quantitative estimate of drug-likeness (QED) is 0.0632. The van der Waals surface area contributed by atoms with E-state index >= 15 is 50.5 Å². The Balaban J connectivity index is 1.38. The molecule has 2 atom stereocenters. The minimum atomic E-state index is -5.47. The van der Waals surface area contributed by atoms with E-state index in [4.69, 9.17) is 0 Å². The molecule has 9 rings (SSSR count). The van der Waals surface area contributed by atoms with E-state index in [0.717, 1.165) is 0 Å². The molecule has 92 heavy (non-hydrogen) atoms. The summed E-state index contributed by atoms with van der Waals surface area (Å²) in [5.41, 5.74) is 4.02. The first-order valence-corrected chi connectivity index (χ1v) is 39.3. The van der Waals surface area contributed by atoms with E-state index in [1.807, 2.05) is 0 Å². The topological polar surface area (TPSA) is 277 Å². The second-order valence-electron chi connectivity index (χ2n) is 24.0. The summed E-state index contributed by atoms with van der Waals surface area (Å²) in [6.07, 6.45) is 0. The molecule has 26 heteroatoms. The number of nitrogens with zero attached hydrogens (tertiary/aromatic N) is 2. The molecule has 2 aliphatic rings. The number of benzene rings is 7. The second kappa shape index (κ2) is 28.1. The van der Waals surface area contributed by atoms with Crippen LogP contribution in [0.3, 0.4) is 0 Å². The second-order valence-corrected chi connectivity index (χ2v) is 37.4. The molecule has 0 aliphatic carbocycles. The Bertz CT molecular complexity index is 4000.